The number of nitrogens with zero attached hydrogens (tertiary/aromatic N) is 2. The van der Waals surface area contributed by atoms with Crippen LogP contribution in [0.1, 0.15) is 11.1 Å². The molecule has 5 aromatic rings. The predicted molar refractivity (Wildman–Crippen MR) is 121 cm³/mol. The van der Waals surface area contributed by atoms with Crippen molar-refractivity contribution in [3.8, 4) is 22.7 Å². The minimum absolute atomic E-state index is 0.0695. The number of nitrogens with one attached hydrogen (secondary N) is 2. The summed E-state index contributed by atoms with van der Waals surface area (Å²) in [6.45, 7) is 2.02. The second-order valence-electron chi connectivity index (χ2n) is 7.43. The third-order valence-electron chi connectivity index (χ3n) is 5.04. The molecule has 2 N–H and O–H groups in total. The number of aromatic nitrogens is 3. The number of oxazole rings is 1. The summed E-state index contributed by atoms with van der Waals surface area (Å²) in [5.74, 6) is 0.433. The maximum atomic E-state index is 12.4. The highest BCUT2D eigenvalue weighted by Crippen LogP contribution is 2.33. The molecule has 0 saturated heterocycles. The average Bonchev–Trinajstić information content (AvgIpc) is 3.41. The van der Waals surface area contributed by atoms with Crippen LogP contribution in [0, 0.1) is 6.92 Å². The summed E-state index contributed by atoms with van der Waals surface area (Å²) in [7, 11) is 0. The van der Waals surface area contributed by atoms with Crippen LogP contribution in [0.4, 0.5) is 5.69 Å². The van der Waals surface area contributed by atoms with Gasteiger partial charge in [0.15, 0.2) is 5.58 Å². The Bertz CT molecular complexity index is 1370. The van der Waals surface area contributed by atoms with Gasteiger partial charge in [0.2, 0.25) is 11.8 Å². The summed E-state index contributed by atoms with van der Waals surface area (Å²) in [6.07, 6.45) is 2.09. The number of aryl methyl sites for hydroxylation is 1. The van der Waals surface area contributed by atoms with Crippen LogP contribution in [0.5, 0.6) is 0 Å². The minimum atomic E-state index is -0.0695. The van der Waals surface area contributed by atoms with Crippen molar-refractivity contribution in [2.45, 2.75) is 13.3 Å². The van der Waals surface area contributed by atoms with E-state index in [1.165, 1.54) is 0 Å². The van der Waals surface area contributed by atoms with Gasteiger partial charge in [-0.15, -0.1) is 0 Å². The molecule has 0 fully saturated rings. The number of H-pyrrole nitrogens is 1. The van der Waals surface area contributed by atoms with Crippen molar-refractivity contribution in [2.24, 2.45) is 0 Å². The van der Waals surface area contributed by atoms with Crippen LogP contribution >= 0.6 is 0 Å². The molecule has 3 aromatic carbocycles. The first-order valence-electron chi connectivity index (χ1n) is 10.0. The summed E-state index contributed by atoms with van der Waals surface area (Å²) in [4.78, 5) is 17.1. The summed E-state index contributed by atoms with van der Waals surface area (Å²) in [6, 6.07) is 23.2. The molecule has 2 heterocycles. The third kappa shape index (κ3) is 3.96. The lowest BCUT2D eigenvalue weighted by atomic mass is 10.1. The van der Waals surface area contributed by atoms with Crippen LogP contribution in [0.25, 0.3) is 33.8 Å². The molecular formula is C25H20N4O2. The van der Waals surface area contributed by atoms with Gasteiger partial charge in [-0.1, -0.05) is 48.5 Å². The zero-order chi connectivity index (χ0) is 21.2. The molecule has 31 heavy (non-hydrogen) atoms. The zero-order valence-corrected chi connectivity index (χ0v) is 16.9. The zero-order valence-electron chi connectivity index (χ0n) is 16.9. The fourth-order valence-corrected chi connectivity index (χ4v) is 3.56. The highest BCUT2D eigenvalue weighted by atomic mass is 16.3. The van der Waals surface area contributed by atoms with E-state index < -0.39 is 0 Å². The molecule has 5 rings (SSSR count). The highest BCUT2D eigenvalue weighted by molar-refractivity contribution is 5.93. The second kappa shape index (κ2) is 7.91. The van der Waals surface area contributed by atoms with E-state index in [9.17, 15) is 4.79 Å². The lowest BCUT2D eigenvalue weighted by molar-refractivity contribution is -0.115. The van der Waals surface area contributed by atoms with E-state index in [4.69, 9.17) is 4.42 Å². The predicted octanol–water partition coefficient (Wildman–Crippen LogP) is 5.37. The number of aromatic amines is 1. The quantitative estimate of drug-likeness (QED) is 0.409. The smallest absolute Gasteiger partial charge is 0.231 e. The highest BCUT2D eigenvalue weighted by Gasteiger charge is 2.17. The number of carbonyl (C=O) groups is 1. The molecule has 0 unspecified atom stereocenters. The fraction of sp³-hybridized carbons (Fsp3) is 0.0800. The fourth-order valence-electron chi connectivity index (χ4n) is 3.56. The molecule has 0 aliphatic rings. The van der Waals surface area contributed by atoms with Gasteiger partial charge in [0.1, 0.15) is 11.2 Å². The summed E-state index contributed by atoms with van der Waals surface area (Å²) in [5, 5.41) is 10.3. The van der Waals surface area contributed by atoms with Gasteiger partial charge in [-0.2, -0.15) is 5.10 Å². The van der Waals surface area contributed by atoms with E-state index in [1.54, 1.807) is 6.20 Å². The molecule has 1 amide bonds. The first kappa shape index (κ1) is 18.8. The number of benzene rings is 3. The molecule has 0 aliphatic carbocycles. The van der Waals surface area contributed by atoms with E-state index >= 15 is 0 Å². The Labute approximate surface area is 179 Å². The maximum absolute atomic E-state index is 12.4. The van der Waals surface area contributed by atoms with Gasteiger partial charge >= 0.3 is 0 Å². The van der Waals surface area contributed by atoms with Gasteiger partial charge in [-0.05, 0) is 42.3 Å². The number of anilines is 1. The molecule has 0 atom stereocenters. The average molecular weight is 408 g/mol. The van der Waals surface area contributed by atoms with Crippen molar-refractivity contribution in [1.29, 1.82) is 0 Å². The normalized spacial score (nSPS) is 11.0. The van der Waals surface area contributed by atoms with E-state index in [0.717, 1.165) is 33.4 Å². The first-order valence-corrected chi connectivity index (χ1v) is 10.0. The van der Waals surface area contributed by atoms with Crippen LogP contribution in [-0.2, 0) is 11.2 Å². The monoisotopic (exact) mass is 408 g/mol. The third-order valence-corrected chi connectivity index (χ3v) is 5.04. The summed E-state index contributed by atoms with van der Waals surface area (Å²) < 4.78 is 5.95. The van der Waals surface area contributed by atoms with Crippen molar-refractivity contribution in [3.63, 3.8) is 0 Å². The van der Waals surface area contributed by atoms with Crippen LogP contribution in [0.2, 0.25) is 0 Å². The van der Waals surface area contributed by atoms with E-state index in [2.05, 4.69) is 20.5 Å². The molecule has 0 spiro atoms. The van der Waals surface area contributed by atoms with Gasteiger partial charge in [-0.25, -0.2) is 4.98 Å². The van der Waals surface area contributed by atoms with Crippen molar-refractivity contribution in [1.82, 2.24) is 15.2 Å². The maximum Gasteiger partial charge on any atom is 0.231 e. The number of fused-ring (bicyclic) bond motifs is 1. The lowest BCUT2D eigenvalue weighted by Gasteiger charge is -2.07. The molecule has 0 bridgehead atoms. The van der Waals surface area contributed by atoms with Gasteiger partial charge in [0.25, 0.3) is 0 Å². The Morgan fingerprint density at radius 1 is 1.03 bits per heavy atom. The molecule has 0 aliphatic heterocycles. The van der Waals surface area contributed by atoms with E-state index in [1.807, 2.05) is 79.7 Å². The molecule has 6 heteroatoms. The minimum Gasteiger partial charge on any atom is -0.436 e. The Morgan fingerprint density at radius 2 is 1.90 bits per heavy atom. The molecule has 2 aromatic heterocycles. The molecule has 152 valence electrons. The lowest BCUT2D eigenvalue weighted by Crippen LogP contribution is -2.14. The van der Waals surface area contributed by atoms with Crippen molar-refractivity contribution >= 4 is 22.7 Å². The standard InChI is InChI=1S/C25H20N4O2/c1-16-10-11-22-21(12-16)28-25(31-22)20-15-26-29-24(20)18-8-5-9-19(14-18)27-23(30)13-17-6-3-2-4-7-17/h2-12,14-15H,13H2,1H3,(H,26,29)(H,27,30). The van der Waals surface area contributed by atoms with E-state index in [-0.39, 0.29) is 5.91 Å². The second-order valence-corrected chi connectivity index (χ2v) is 7.43. The van der Waals surface area contributed by atoms with Crippen molar-refractivity contribution in [3.05, 3.63) is 90.1 Å². The number of amides is 1. The molecule has 0 radical (unpaired) electrons. The van der Waals surface area contributed by atoms with Crippen LogP contribution in [0.15, 0.2) is 83.4 Å². The van der Waals surface area contributed by atoms with Crippen LogP contribution < -0.4 is 5.32 Å². The molecular weight excluding hydrogens is 388 g/mol. The topological polar surface area (TPSA) is 83.8 Å². The Kier molecular flexibility index (Phi) is 4.80. The first-order chi connectivity index (χ1) is 15.2. The van der Waals surface area contributed by atoms with Gasteiger partial charge < -0.3 is 9.73 Å². The Morgan fingerprint density at radius 3 is 2.77 bits per heavy atom. The number of rotatable bonds is 5. The van der Waals surface area contributed by atoms with Crippen LogP contribution in [-0.4, -0.2) is 21.1 Å². The summed E-state index contributed by atoms with van der Waals surface area (Å²) >= 11 is 0. The van der Waals surface area contributed by atoms with Crippen molar-refractivity contribution < 1.29 is 9.21 Å². The molecule has 6 nitrogen and oxygen atoms in total. The van der Waals surface area contributed by atoms with Crippen LogP contribution in [0.3, 0.4) is 0 Å². The van der Waals surface area contributed by atoms with E-state index in [0.29, 0.717) is 23.7 Å². The van der Waals surface area contributed by atoms with Crippen molar-refractivity contribution in [2.75, 3.05) is 5.32 Å². The Balaban J connectivity index is 1.41. The number of hydrogen-bond acceptors (Lipinski definition) is 4. The summed E-state index contributed by atoms with van der Waals surface area (Å²) in [5.41, 5.74) is 6.67. The number of carbonyl (C=O) groups excluding carboxylic acids is 1. The number of hydrogen-bond donors (Lipinski definition) is 2. The SMILES string of the molecule is Cc1ccc2oc(-c3c[nH]nc3-c3cccc(NC(=O)Cc4ccccc4)c3)nc2c1. The molecule has 0 saturated carbocycles. The van der Waals surface area contributed by atoms with Gasteiger partial charge in [0, 0.05) is 17.4 Å². The largest absolute Gasteiger partial charge is 0.436 e. The van der Waals surface area contributed by atoms with Gasteiger partial charge in [-0.3, -0.25) is 9.89 Å². The van der Waals surface area contributed by atoms with Gasteiger partial charge in [0.05, 0.1) is 12.0 Å². The Hall–Kier alpha value is -4.19.